The van der Waals surface area contributed by atoms with E-state index in [1.54, 1.807) is 12.5 Å². The largest absolute Gasteiger partial charge is 0.345 e. The van der Waals surface area contributed by atoms with E-state index < -0.39 is 0 Å². The van der Waals surface area contributed by atoms with Crippen molar-refractivity contribution in [2.75, 3.05) is 5.32 Å². The van der Waals surface area contributed by atoms with Gasteiger partial charge in [0.1, 0.15) is 0 Å². The number of carbonyl (C=O) groups is 1. The standard InChI is InChI=1S/C19H26N4O/c1-13-5-3-4-6-17(13)22-14(2)19(24)23-16-9-7-15(8-10-16)18-11-20-12-21-18/h7-14,17,22H,3-6H2,1-2H3,(H,20,21)(H,23,24)/t13-,14-,17-/m0/s1. The fraction of sp³-hybridized carbons (Fsp3) is 0.474. The molecule has 0 aliphatic heterocycles. The number of aromatic nitrogens is 2. The number of hydrogen-bond donors (Lipinski definition) is 3. The molecule has 2 aromatic rings. The molecule has 24 heavy (non-hydrogen) atoms. The summed E-state index contributed by atoms with van der Waals surface area (Å²) in [5.41, 5.74) is 2.83. The zero-order chi connectivity index (χ0) is 16.9. The Labute approximate surface area is 143 Å². The summed E-state index contributed by atoms with van der Waals surface area (Å²) < 4.78 is 0. The highest BCUT2D eigenvalue weighted by molar-refractivity contribution is 5.94. The molecule has 3 atom stereocenters. The van der Waals surface area contributed by atoms with Crippen LogP contribution in [0.2, 0.25) is 0 Å². The van der Waals surface area contributed by atoms with E-state index in [1.807, 2.05) is 31.2 Å². The van der Waals surface area contributed by atoms with Crippen LogP contribution in [0.4, 0.5) is 5.69 Å². The van der Waals surface area contributed by atoms with E-state index in [9.17, 15) is 4.79 Å². The van der Waals surface area contributed by atoms with E-state index in [1.165, 1.54) is 19.3 Å². The highest BCUT2D eigenvalue weighted by Gasteiger charge is 2.24. The van der Waals surface area contributed by atoms with Crippen LogP contribution in [0.25, 0.3) is 11.3 Å². The molecule has 0 bridgehead atoms. The van der Waals surface area contributed by atoms with Crippen LogP contribution in [0.1, 0.15) is 39.5 Å². The molecule has 1 heterocycles. The first-order valence-corrected chi connectivity index (χ1v) is 8.79. The van der Waals surface area contributed by atoms with Crippen LogP contribution in [0, 0.1) is 5.92 Å². The molecule has 1 saturated carbocycles. The molecule has 5 nitrogen and oxygen atoms in total. The number of imidazole rings is 1. The number of nitrogens with one attached hydrogen (secondary N) is 3. The molecule has 1 amide bonds. The van der Waals surface area contributed by atoms with Gasteiger partial charge in [0.15, 0.2) is 0 Å². The number of benzene rings is 1. The van der Waals surface area contributed by atoms with Crippen molar-refractivity contribution in [3.8, 4) is 11.3 Å². The maximum atomic E-state index is 12.4. The van der Waals surface area contributed by atoms with Crippen LogP contribution in [-0.2, 0) is 4.79 Å². The number of anilines is 1. The van der Waals surface area contributed by atoms with E-state index in [4.69, 9.17) is 0 Å². The Hall–Kier alpha value is -2.14. The lowest BCUT2D eigenvalue weighted by atomic mass is 9.85. The predicted molar refractivity (Wildman–Crippen MR) is 96.7 cm³/mol. The molecule has 0 unspecified atom stereocenters. The minimum Gasteiger partial charge on any atom is -0.345 e. The Balaban J connectivity index is 1.55. The topological polar surface area (TPSA) is 69.8 Å². The van der Waals surface area contributed by atoms with Gasteiger partial charge in [-0.15, -0.1) is 0 Å². The second-order valence-electron chi connectivity index (χ2n) is 6.79. The summed E-state index contributed by atoms with van der Waals surface area (Å²) in [6, 6.07) is 8.05. The molecule has 1 aromatic carbocycles. The van der Waals surface area contributed by atoms with Crippen LogP contribution in [-0.4, -0.2) is 28.0 Å². The zero-order valence-electron chi connectivity index (χ0n) is 14.4. The van der Waals surface area contributed by atoms with E-state index >= 15 is 0 Å². The van der Waals surface area contributed by atoms with Gasteiger partial charge in [0.05, 0.1) is 24.3 Å². The zero-order valence-corrected chi connectivity index (χ0v) is 14.4. The molecular formula is C19H26N4O. The second-order valence-corrected chi connectivity index (χ2v) is 6.79. The molecule has 1 aliphatic rings. The summed E-state index contributed by atoms with van der Waals surface area (Å²) in [5, 5.41) is 6.49. The smallest absolute Gasteiger partial charge is 0.241 e. The molecule has 128 valence electrons. The van der Waals surface area contributed by atoms with E-state index in [2.05, 4.69) is 27.5 Å². The summed E-state index contributed by atoms with van der Waals surface area (Å²) in [6.07, 6.45) is 8.42. The summed E-state index contributed by atoms with van der Waals surface area (Å²) in [5.74, 6) is 0.657. The van der Waals surface area contributed by atoms with Gasteiger partial charge in [0.25, 0.3) is 0 Å². The summed E-state index contributed by atoms with van der Waals surface area (Å²) >= 11 is 0. The quantitative estimate of drug-likeness (QED) is 0.786. The third kappa shape index (κ3) is 4.03. The Morgan fingerprint density at radius 2 is 2.00 bits per heavy atom. The van der Waals surface area contributed by atoms with Crippen LogP contribution in [0.15, 0.2) is 36.8 Å². The van der Waals surface area contributed by atoms with Crippen LogP contribution < -0.4 is 10.6 Å². The van der Waals surface area contributed by atoms with E-state index in [0.717, 1.165) is 23.4 Å². The minimum absolute atomic E-state index is 0.0158. The van der Waals surface area contributed by atoms with Gasteiger partial charge in [0.2, 0.25) is 5.91 Å². The first kappa shape index (κ1) is 16.7. The lowest BCUT2D eigenvalue weighted by molar-refractivity contribution is -0.118. The van der Waals surface area contributed by atoms with E-state index in [-0.39, 0.29) is 11.9 Å². The van der Waals surface area contributed by atoms with Gasteiger partial charge in [-0.1, -0.05) is 31.9 Å². The van der Waals surface area contributed by atoms with E-state index in [0.29, 0.717) is 12.0 Å². The molecule has 3 N–H and O–H groups in total. The highest BCUT2D eigenvalue weighted by atomic mass is 16.2. The predicted octanol–water partition coefficient (Wildman–Crippen LogP) is 3.57. The summed E-state index contributed by atoms with van der Waals surface area (Å²) in [6.45, 7) is 4.21. The number of amides is 1. The van der Waals surface area contributed by atoms with Crippen molar-refractivity contribution in [1.82, 2.24) is 15.3 Å². The normalized spacial score (nSPS) is 22.1. The van der Waals surface area contributed by atoms with Gasteiger partial charge in [-0.25, -0.2) is 4.98 Å². The number of rotatable bonds is 5. The maximum Gasteiger partial charge on any atom is 0.241 e. The number of hydrogen-bond acceptors (Lipinski definition) is 3. The van der Waals surface area contributed by atoms with Gasteiger partial charge in [-0.05, 0) is 43.4 Å². The molecule has 5 heteroatoms. The molecular weight excluding hydrogens is 300 g/mol. The maximum absolute atomic E-state index is 12.4. The SMILES string of the molecule is C[C@H](N[C@H]1CCCC[C@@H]1C)C(=O)Nc1ccc(-c2cnc[nH]2)cc1. The van der Waals surface area contributed by atoms with Crippen molar-refractivity contribution in [1.29, 1.82) is 0 Å². The Bertz CT molecular complexity index is 651. The van der Waals surface area contributed by atoms with Crippen molar-refractivity contribution in [2.24, 2.45) is 5.92 Å². The molecule has 1 aromatic heterocycles. The second kappa shape index (κ2) is 7.62. The van der Waals surface area contributed by atoms with Gasteiger partial charge < -0.3 is 15.6 Å². The summed E-state index contributed by atoms with van der Waals surface area (Å²) in [4.78, 5) is 19.5. The van der Waals surface area contributed by atoms with Crippen molar-refractivity contribution >= 4 is 11.6 Å². The lowest BCUT2D eigenvalue weighted by Crippen LogP contribution is -2.47. The van der Waals surface area contributed by atoms with Gasteiger partial charge in [-0.2, -0.15) is 0 Å². The number of aromatic amines is 1. The van der Waals surface area contributed by atoms with Crippen molar-refractivity contribution in [3.05, 3.63) is 36.8 Å². The first-order valence-electron chi connectivity index (χ1n) is 8.79. The minimum atomic E-state index is -0.192. The first-order chi connectivity index (χ1) is 11.6. The number of nitrogens with zero attached hydrogens (tertiary/aromatic N) is 1. The molecule has 0 radical (unpaired) electrons. The molecule has 0 spiro atoms. The van der Waals surface area contributed by atoms with Crippen LogP contribution in [0.5, 0.6) is 0 Å². The molecule has 1 aliphatic carbocycles. The average Bonchev–Trinajstić information content (AvgIpc) is 3.12. The van der Waals surface area contributed by atoms with Gasteiger partial charge >= 0.3 is 0 Å². The highest BCUT2D eigenvalue weighted by Crippen LogP contribution is 2.24. The molecule has 0 saturated heterocycles. The van der Waals surface area contributed by atoms with Crippen molar-refractivity contribution in [3.63, 3.8) is 0 Å². The van der Waals surface area contributed by atoms with Gasteiger partial charge in [0, 0.05) is 11.7 Å². The number of carbonyl (C=O) groups excluding carboxylic acids is 1. The third-order valence-electron chi connectivity index (χ3n) is 4.93. The molecule has 1 fully saturated rings. The number of H-pyrrole nitrogens is 1. The Morgan fingerprint density at radius 3 is 2.67 bits per heavy atom. The van der Waals surface area contributed by atoms with Crippen LogP contribution >= 0.6 is 0 Å². The Morgan fingerprint density at radius 1 is 1.25 bits per heavy atom. The van der Waals surface area contributed by atoms with Gasteiger partial charge in [-0.3, -0.25) is 4.79 Å². The third-order valence-corrected chi connectivity index (χ3v) is 4.93. The Kier molecular flexibility index (Phi) is 5.30. The van der Waals surface area contributed by atoms with Crippen LogP contribution in [0.3, 0.4) is 0 Å². The van der Waals surface area contributed by atoms with Crippen molar-refractivity contribution in [2.45, 2.75) is 51.6 Å². The lowest BCUT2D eigenvalue weighted by Gasteiger charge is -2.31. The fourth-order valence-electron chi connectivity index (χ4n) is 3.36. The average molecular weight is 326 g/mol. The summed E-state index contributed by atoms with van der Waals surface area (Å²) in [7, 11) is 0. The molecule has 3 rings (SSSR count). The van der Waals surface area contributed by atoms with Crippen molar-refractivity contribution < 1.29 is 4.79 Å². The fourth-order valence-corrected chi connectivity index (χ4v) is 3.36. The monoisotopic (exact) mass is 326 g/mol.